The summed E-state index contributed by atoms with van der Waals surface area (Å²) in [6.07, 6.45) is 0.269. The van der Waals surface area contributed by atoms with Crippen molar-refractivity contribution in [2.75, 3.05) is 11.9 Å². The molecule has 1 aromatic rings. The number of carboxylic acids is 1. The van der Waals surface area contributed by atoms with Crippen LogP contribution < -0.4 is 16.0 Å². The molecule has 7 nitrogen and oxygen atoms in total. The van der Waals surface area contributed by atoms with Gasteiger partial charge in [0.2, 0.25) is 5.91 Å². The second kappa shape index (κ2) is 5.38. The molecule has 1 heterocycles. The number of hydrogen-bond acceptors (Lipinski definition) is 3. The lowest BCUT2D eigenvalue weighted by molar-refractivity contribution is -0.119. The van der Waals surface area contributed by atoms with E-state index in [1.807, 2.05) is 0 Å². The Morgan fingerprint density at radius 3 is 2.47 bits per heavy atom. The third-order valence-electron chi connectivity index (χ3n) is 2.70. The van der Waals surface area contributed by atoms with Crippen LogP contribution in [0.1, 0.15) is 16.8 Å². The van der Waals surface area contributed by atoms with Crippen LogP contribution in [0, 0.1) is 0 Å². The Morgan fingerprint density at radius 1 is 1.26 bits per heavy atom. The molecule has 2 rings (SSSR count). The molecule has 1 aliphatic rings. The highest BCUT2D eigenvalue weighted by molar-refractivity contribution is 5.92. The lowest BCUT2D eigenvalue weighted by atomic mass is 10.2. The number of carboxylic acid groups (broad SMARTS) is 1. The lowest BCUT2D eigenvalue weighted by Gasteiger charge is -2.11. The van der Waals surface area contributed by atoms with Crippen LogP contribution in [0.4, 0.5) is 10.5 Å². The van der Waals surface area contributed by atoms with E-state index >= 15 is 0 Å². The Bertz CT molecular complexity index is 512. The standard InChI is InChI=1S/C12H13N3O4/c16-10-5-9(6-13-10)15-12(19)14-8-3-1-7(2-4-8)11(17)18/h1-4,9H,5-6H2,(H,13,16)(H,17,18)(H2,14,15,19). The summed E-state index contributed by atoms with van der Waals surface area (Å²) in [6, 6.07) is 5.16. The Kier molecular flexibility index (Phi) is 3.65. The Labute approximate surface area is 109 Å². The lowest BCUT2D eigenvalue weighted by Crippen LogP contribution is -2.39. The zero-order valence-electron chi connectivity index (χ0n) is 9.97. The number of nitrogens with one attached hydrogen (secondary N) is 3. The van der Waals surface area contributed by atoms with Gasteiger partial charge in [-0.05, 0) is 24.3 Å². The summed E-state index contributed by atoms with van der Waals surface area (Å²) in [4.78, 5) is 33.2. The van der Waals surface area contributed by atoms with Gasteiger partial charge in [-0.2, -0.15) is 0 Å². The topological polar surface area (TPSA) is 108 Å². The van der Waals surface area contributed by atoms with E-state index in [4.69, 9.17) is 5.11 Å². The predicted molar refractivity (Wildman–Crippen MR) is 67.0 cm³/mol. The third kappa shape index (κ3) is 3.44. The molecule has 0 spiro atoms. The SMILES string of the molecule is O=C1CC(NC(=O)Nc2ccc(C(=O)O)cc2)CN1. The molecule has 1 unspecified atom stereocenters. The molecule has 1 saturated heterocycles. The molecule has 1 fully saturated rings. The molecule has 4 N–H and O–H groups in total. The van der Waals surface area contributed by atoms with Gasteiger partial charge in [0.05, 0.1) is 11.6 Å². The van der Waals surface area contributed by atoms with E-state index in [9.17, 15) is 14.4 Å². The summed E-state index contributed by atoms with van der Waals surface area (Å²) in [5, 5.41) is 16.6. The zero-order chi connectivity index (χ0) is 13.8. The van der Waals surface area contributed by atoms with Crippen LogP contribution in [-0.2, 0) is 4.79 Å². The van der Waals surface area contributed by atoms with Crippen molar-refractivity contribution in [1.29, 1.82) is 0 Å². The molecule has 0 saturated carbocycles. The molecular formula is C12H13N3O4. The first kappa shape index (κ1) is 12.9. The average molecular weight is 263 g/mol. The number of urea groups is 1. The van der Waals surface area contributed by atoms with Gasteiger partial charge in [-0.25, -0.2) is 9.59 Å². The van der Waals surface area contributed by atoms with Crippen LogP contribution in [-0.4, -0.2) is 35.6 Å². The van der Waals surface area contributed by atoms with E-state index < -0.39 is 12.0 Å². The minimum atomic E-state index is -1.02. The molecule has 0 aromatic heterocycles. The largest absolute Gasteiger partial charge is 0.478 e. The first-order valence-corrected chi connectivity index (χ1v) is 5.72. The van der Waals surface area contributed by atoms with E-state index in [2.05, 4.69) is 16.0 Å². The quantitative estimate of drug-likeness (QED) is 0.632. The number of benzene rings is 1. The normalized spacial score (nSPS) is 17.7. The molecule has 3 amide bonds. The number of carbonyl (C=O) groups is 3. The van der Waals surface area contributed by atoms with Crippen molar-refractivity contribution in [3.63, 3.8) is 0 Å². The summed E-state index contributed by atoms with van der Waals surface area (Å²) >= 11 is 0. The number of aromatic carboxylic acids is 1. The molecular weight excluding hydrogens is 250 g/mol. The summed E-state index contributed by atoms with van der Waals surface area (Å²) in [6.45, 7) is 0.421. The van der Waals surface area contributed by atoms with Crippen LogP contribution in [0.2, 0.25) is 0 Å². The molecule has 0 bridgehead atoms. The molecule has 0 radical (unpaired) electrons. The minimum absolute atomic E-state index is 0.0869. The Hall–Kier alpha value is -2.57. The van der Waals surface area contributed by atoms with Crippen molar-refractivity contribution in [3.05, 3.63) is 29.8 Å². The van der Waals surface area contributed by atoms with Gasteiger partial charge in [0.15, 0.2) is 0 Å². The van der Waals surface area contributed by atoms with Crippen molar-refractivity contribution in [1.82, 2.24) is 10.6 Å². The fraction of sp³-hybridized carbons (Fsp3) is 0.250. The van der Waals surface area contributed by atoms with Crippen LogP contribution >= 0.6 is 0 Å². The van der Waals surface area contributed by atoms with E-state index in [0.29, 0.717) is 12.2 Å². The predicted octanol–water partition coefficient (Wildman–Crippen LogP) is 0.395. The number of hydrogen-bond donors (Lipinski definition) is 4. The van der Waals surface area contributed by atoms with Gasteiger partial charge in [-0.3, -0.25) is 4.79 Å². The number of amides is 3. The van der Waals surface area contributed by atoms with Gasteiger partial charge in [0, 0.05) is 18.7 Å². The average Bonchev–Trinajstić information content (AvgIpc) is 2.75. The summed E-state index contributed by atoms with van der Waals surface area (Å²) in [7, 11) is 0. The molecule has 7 heteroatoms. The molecule has 1 aromatic carbocycles. The number of anilines is 1. The van der Waals surface area contributed by atoms with Gasteiger partial charge in [0.25, 0.3) is 0 Å². The van der Waals surface area contributed by atoms with Crippen molar-refractivity contribution in [2.24, 2.45) is 0 Å². The number of rotatable bonds is 3. The Balaban J connectivity index is 1.88. The highest BCUT2D eigenvalue weighted by Gasteiger charge is 2.22. The highest BCUT2D eigenvalue weighted by atomic mass is 16.4. The fourth-order valence-corrected chi connectivity index (χ4v) is 1.76. The second-order valence-electron chi connectivity index (χ2n) is 4.19. The van der Waals surface area contributed by atoms with E-state index in [1.54, 1.807) is 0 Å². The first-order valence-electron chi connectivity index (χ1n) is 5.72. The number of carbonyl (C=O) groups excluding carboxylic acids is 2. The molecule has 19 heavy (non-hydrogen) atoms. The van der Waals surface area contributed by atoms with Crippen LogP contribution in [0.5, 0.6) is 0 Å². The van der Waals surface area contributed by atoms with Gasteiger partial charge in [0.1, 0.15) is 0 Å². The van der Waals surface area contributed by atoms with Crippen LogP contribution in [0.25, 0.3) is 0 Å². The second-order valence-corrected chi connectivity index (χ2v) is 4.19. The fourth-order valence-electron chi connectivity index (χ4n) is 1.76. The molecule has 0 aliphatic carbocycles. The highest BCUT2D eigenvalue weighted by Crippen LogP contribution is 2.09. The Morgan fingerprint density at radius 2 is 1.95 bits per heavy atom. The van der Waals surface area contributed by atoms with Crippen LogP contribution in [0.3, 0.4) is 0 Å². The summed E-state index contributed by atoms with van der Waals surface area (Å²) in [5.41, 5.74) is 0.635. The van der Waals surface area contributed by atoms with Crippen molar-refractivity contribution >= 4 is 23.6 Å². The molecule has 100 valence electrons. The third-order valence-corrected chi connectivity index (χ3v) is 2.70. The van der Waals surface area contributed by atoms with E-state index in [0.717, 1.165) is 0 Å². The maximum atomic E-state index is 11.6. The van der Waals surface area contributed by atoms with Gasteiger partial charge >= 0.3 is 12.0 Å². The maximum absolute atomic E-state index is 11.6. The van der Waals surface area contributed by atoms with Crippen molar-refractivity contribution in [3.8, 4) is 0 Å². The van der Waals surface area contributed by atoms with Crippen LogP contribution in [0.15, 0.2) is 24.3 Å². The minimum Gasteiger partial charge on any atom is -0.478 e. The maximum Gasteiger partial charge on any atom is 0.335 e. The smallest absolute Gasteiger partial charge is 0.335 e. The molecule has 1 atom stereocenters. The van der Waals surface area contributed by atoms with Gasteiger partial charge < -0.3 is 21.1 Å². The first-order chi connectivity index (χ1) is 9.04. The zero-order valence-corrected chi connectivity index (χ0v) is 9.97. The van der Waals surface area contributed by atoms with Crippen molar-refractivity contribution < 1.29 is 19.5 Å². The van der Waals surface area contributed by atoms with E-state index in [1.165, 1.54) is 24.3 Å². The van der Waals surface area contributed by atoms with Crippen molar-refractivity contribution in [2.45, 2.75) is 12.5 Å². The summed E-state index contributed by atoms with van der Waals surface area (Å²) < 4.78 is 0. The molecule has 1 aliphatic heterocycles. The monoisotopic (exact) mass is 263 g/mol. The van der Waals surface area contributed by atoms with Gasteiger partial charge in [-0.15, -0.1) is 0 Å². The summed E-state index contributed by atoms with van der Waals surface area (Å²) in [5.74, 6) is -1.11. The van der Waals surface area contributed by atoms with Gasteiger partial charge in [-0.1, -0.05) is 0 Å². The van der Waals surface area contributed by atoms with E-state index in [-0.39, 0.29) is 23.9 Å².